The first-order valence-electron chi connectivity index (χ1n) is 18.9. The van der Waals surface area contributed by atoms with Gasteiger partial charge in [0.15, 0.2) is 0 Å². The summed E-state index contributed by atoms with van der Waals surface area (Å²) in [5.74, 6) is -7.89. The first kappa shape index (κ1) is 47.1. The van der Waals surface area contributed by atoms with Gasteiger partial charge in [-0.1, -0.05) is 55.5 Å². The van der Waals surface area contributed by atoms with Crippen LogP contribution in [0.15, 0.2) is 48.5 Å². The van der Waals surface area contributed by atoms with Crippen molar-refractivity contribution < 1.29 is 62.0 Å². The zero-order chi connectivity index (χ0) is 43.0. The highest BCUT2D eigenvalue weighted by Crippen LogP contribution is 2.44. The maximum absolute atomic E-state index is 13.3. The molecule has 0 fully saturated rings. The van der Waals surface area contributed by atoms with E-state index in [1.165, 1.54) is 14.0 Å². The van der Waals surface area contributed by atoms with Crippen LogP contribution < -0.4 is 10.6 Å². The first-order valence-corrected chi connectivity index (χ1v) is 20.1. The molecule has 58 heavy (non-hydrogen) atoms. The van der Waals surface area contributed by atoms with Gasteiger partial charge in [-0.3, -0.25) is 33.6 Å². The molecule has 0 saturated carbocycles. The number of carbonyl (C=O) groups is 8. The number of Topliss-reactive ketones (excluding diaryl/α,β-unsaturated/α-hetero) is 1. The van der Waals surface area contributed by atoms with Crippen molar-refractivity contribution >= 4 is 59.2 Å². The van der Waals surface area contributed by atoms with E-state index in [0.29, 0.717) is 0 Å². The van der Waals surface area contributed by atoms with Crippen molar-refractivity contribution in [2.24, 2.45) is 17.8 Å². The van der Waals surface area contributed by atoms with Gasteiger partial charge in [0.1, 0.15) is 30.6 Å². The molecule has 4 atom stereocenters. The molecule has 0 heterocycles. The normalized spacial score (nSPS) is 14.0. The monoisotopic (exact) mass is 826 g/mol. The standard InChI is InChI=1S/C42H54N2O13S/c1-25(18-35(46)56-22-33-31-14-10-8-12-29(31)30-13-9-11-15-32(30)33)38(49)44-34(41(52)55-7)17-16-28(45)19-26(39(50)43-21-37(48)53-5)23-58-24-27(40(51)54-6)20-36(47)57-42(2,3)4/h8-15,25-27,33-34H,16-24H2,1-7H3,(H,43,50)(H,44,49)/t25-,26-,27+,34-/m1/s1. The minimum atomic E-state index is -1.24. The second kappa shape index (κ2) is 22.6. The molecule has 15 nitrogen and oxygen atoms in total. The lowest BCUT2D eigenvalue weighted by Crippen LogP contribution is -2.44. The Labute approximate surface area is 343 Å². The van der Waals surface area contributed by atoms with E-state index in [0.717, 1.165) is 48.2 Å². The highest BCUT2D eigenvalue weighted by atomic mass is 32.2. The number of esters is 5. The molecular weight excluding hydrogens is 773 g/mol. The zero-order valence-corrected chi connectivity index (χ0v) is 34.9. The lowest BCUT2D eigenvalue weighted by Gasteiger charge is -2.22. The largest absolute Gasteiger partial charge is 0.469 e. The molecule has 316 valence electrons. The van der Waals surface area contributed by atoms with E-state index >= 15 is 0 Å². The fraction of sp³-hybridized carbons (Fsp3) is 0.524. The van der Waals surface area contributed by atoms with Crippen LogP contribution in [0.3, 0.4) is 0 Å². The summed E-state index contributed by atoms with van der Waals surface area (Å²) in [5, 5.41) is 5.00. The van der Waals surface area contributed by atoms with Gasteiger partial charge in [0, 0.05) is 36.2 Å². The summed E-state index contributed by atoms with van der Waals surface area (Å²) in [7, 11) is 3.47. The van der Waals surface area contributed by atoms with E-state index in [4.69, 9.17) is 18.9 Å². The van der Waals surface area contributed by atoms with Gasteiger partial charge in [0.05, 0.1) is 46.0 Å². The summed E-state index contributed by atoms with van der Waals surface area (Å²) in [5.41, 5.74) is 3.49. The predicted molar refractivity (Wildman–Crippen MR) is 213 cm³/mol. The van der Waals surface area contributed by atoms with Gasteiger partial charge in [-0.25, -0.2) is 4.79 Å². The van der Waals surface area contributed by atoms with E-state index in [-0.39, 0.29) is 56.1 Å². The second-order valence-electron chi connectivity index (χ2n) is 14.9. The Morgan fingerprint density at radius 3 is 1.86 bits per heavy atom. The summed E-state index contributed by atoms with van der Waals surface area (Å²) in [6.45, 7) is 6.24. The smallest absolute Gasteiger partial charge is 0.328 e. The number of ketones is 1. The summed E-state index contributed by atoms with van der Waals surface area (Å²) in [4.78, 5) is 102. The molecule has 0 spiro atoms. The van der Waals surface area contributed by atoms with Gasteiger partial charge in [0.25, 0.3) is 0 Å². The number of thioether (sulfide) groups is 1. The van der Waals surface area contributed by atoms with Crippen molar-refractivity contribution in [2.45, 2.75) is 77.4 Å². The van der Waals surface area contributed by atoms with Crippen molar-refractivity contribution in [1.29, 1.82) is 0 Å². The number of benzene rings is 2. The van der Waals surface area contributed by atoms with Gasteiger partial charge >= 0.3 is 29.8 Å². The summed E-state index contributed by atoms with van der Waals surface area (Å²) in [6.07, 6.45) is -1.24. The predicted octanol–water partition coefficient (Wildman–Crippen LogP) is 3.93. The van der Waals surface area contributed by atoms with Crippen molar-refractivity contribution in [1.82, 2.24) is 10.6 Å². The number of ether oxygens (including phenoxy) is 5. The summed E-state index contributed by atoms with van der Waals surface area (Å²) in [6, 6.07) is 14.6. The van der Waals surface area contributed by atoms with Crippen LogP contribution in [0, 0.1) is 17.8 Å². The van der Waals surface area contributed by atoms with Crippen LogP contribution in [0.2, 0.25) is 0 Å². The highest BCUT2D eigenvalue weighted by molar-refractivity contribution is 7.99. The molecule has 0 saturated heterocycles. The Morgan fingerprint density at radius 2 is 1.29 bits per heavy atom. The van der Waals surface area contributed by atoms with E-state index in [1.807, 2.05) is 48.5 Å². The lowest BCUT2D eigenvalue weighted by molar-refractivity contribution is -0.160. The molecule has 2 aromatic carbocycles. The van der Waals surface area contributed by atoms with E-state index in [9.17, 15) is 38.4 Å². The minimum absolute atomic E-state index is 0.0190. The summed E-state index contributed by atoms with van der Waals surface area (Å²) >= 11 is 1.13. The van der Waals surface area contributed by atoms with Crippen LogP contribution in [0.5, 0.6) is 0 Å². The van der Waals surface area contributed by atoms with Gasteiger partial charge in [-0.15, -0.1) is 0 Å². The van der Waals surface area contributed by atoms with Crippen LogP contribution in [0.1, 0.15) is 76.8 Å². The third-order valence-corrected chi connectivity index (χ3v) is 10.6. The van der Waals surface area contributed by atoms with Gasteiger partial charge < -0.3 is 34.3 Å². The highest BCUT2D eigenvalue weighted by Gasteiger charge is 2.32. The van der Waals surface area contributed by atoms with Gasteiger partial charge in [-0.2, -0.15) is 11.8 Å². The number of hydrogen-bond acceptors (Lipinski definition) is 14. The topological polar surface area (TPSA) is 207 Å². The molecule has 16 heteroatoms. The fourth-order valence-corrected chi connectivity index (χ4v) is 7.55. The fourth-order valence-electron chi connectivity index (χ4n) is 6.32. The van der Waals surface area contributed by atoms with Crippen molar-refractivity contribution in [3.8, 4) is 11.1 Å². The Balaban J connectivity index is 1.57. The maximum Gasteiger partial charge on any atom is 0.328 e. The second-order valence-corrected chi connectivity index (χ2v) is 16.0. The Morgan fingerprint density at radius 1 is 0.707 bits per heavy atom. The molecule has 0 aromatic heterocycles. The molecule has 0 aliphatic heterocycles. The molecule has 3 rings (SSSR count). The summed E-state index contributed by atoms with van der Waals surface area (Å²) < 4.78 is 25.3. The number of methoxy groups -OCH3 is 3. The van der Waals surface area contributed by atoms with Crippen LogP contribution >= 0.6 is 11.8 Å². The van der Waals surface area contributed by atoms with Crippen LogP contribution in [0.25, 0.3) is 11.1 Å². The van der Waals surface area contributed by atoms with E-state index in [2.05, 4.69) is 15.4 Å². The number of carbonyl (C=O) groups excluding carboxylic acids is 8. The number of hydrogen-bond donors (Lipinski definition) is 2. The van der Waals surface area contributed by atoms with Crippen LogP contribution in [0.4, 0.5) is 0 Å². The number of nitrogens with one attached hydrogen (secondary N) is 2. The van der Waals surface area contributed by atoms with Crippen LogP contribution in [-0.4, -0.2) is 105 Å². The van der Waals surface area contributed by atoms with Gasteiger partial charge in [0.2, 0.25) is 11.8 Å². The number of rotatable bonds is 22. The molecule has 0 unspecified atom stereocenters. The Hall–Kier alpha value is -5.25. The third kappa shape index (κ3) is 14.6. The minimum Gasteiger partial charge on any atom is -0.469 e. The average molecular weight is 827 g/mol. The van der Waals surface area contributed by atoms with Crippen LogP contribution in [-0.2, 0) is 62.0 Å². The average Bonchev–Trinajstić information content (AvgIpc) is 3.51. The van der Waals surface area contributed by atoms with Gasteiger partial charge in [-0.05, 0) is 49.4 Å². The van der Waals surface area contributed by atoms with Crippen molar-refractivity contribution in [3.63, 3.8) is 0 Å². The molecule has 2 N–H and O–H groups in total. The Bertz CT molecular complexity index is 1760. The van der Waals surface area contributed by atoms with E-state index in [1.54, 1.807) is 20.8 Å². The number of fused-ring (bicyclic) bond motifs is 3. The molecule has 0 radical (unpaired) electrons. The quantitative estimate of drug-likeness (QED) is 0.128. The molecule has 1 aliphatic carbocycles. The molecular formula is C42H54N2O13S. The zero-order valence-electron chi connectivity index (χ0n) is 34.1. The Kier molecular flexibility index (Phi) is 18.4. The molecule has 2 amide bonds. The molecule has 1 aliphatic rings. The SMILES string of the molecule is COC(=O)CNC(=O)[C@@H](CSC[C@H](CC(=O)OC(C)(C)C)C(=O)OC)CC(=O)CC[C@@H](NC(=O)[C@H](C)CC(=O)OCC1c2ccccc2-c2ccccc21)C(=O)OC. The molecule has 0 bridgehead atoms. The first-order chi connectivity index (χ1) is 27.5. The van der Waals surface area contributed by atoms with Crippen molar-refractivity contribution in [3.05, 3.63) is 59.7 Å². The van der Waals surface area contributed by atoms with Crippen molar-refractivity contribution in [2.75, 3.05) is 46.0 Å². The molecule has 2 aromatic rings. The third-order valence-electron chi connectivity index (χ3n) is 9.29. The lowest BCUT2D eigenvalue weighted by atomic mass is 9.98. The van der Waals surface area contributed by atoms with E-state index < -0.39 is 83.4 Å². The number of amides is 2. The maximum atomic E-state index is 13.3.